The fourth-order valence-corrected chi connectivity index (χ4v) is 2.14. The first-order valence-electron chi connectivity index (χ1n) is 5.18. The van der Waals surface area contributed by atoms with Gasteiger partial charge in [0.1, 0.15) is 0 Å². The second kappa shape index (κ2) is 3.96. The molecule has 1 saturated heterocycles. The highest BCUT2D eigenvalue weighted by Crippen LogP contribution is 2.17. The topological polar surface area (TPSA) is 34.0 Å². The maximum atomic E-state index is 11.7. The molecule has 14 heavy (non-hydrogen) atoms. The van der Waals surface area contributed by atoms with Crippen LogP contribution in [0.2, 0.25) is 0 Å². The van der Waals surface area contributed by atoms with Crippen LogP contribution in [0, 0.1) is 6.92 Å². The van der Waals surface area contributed by atoms with Crippen molar-refractivity contribution < 1.29 is 0 Å². The lowest BCUT2D eigenvalue weighted by Crippen LogP contribution is -2.34. The van der Waals surface area contributed by atoms with E-state index in [1.54, 1.807) is 6.07 Å². The van der Waals surface area contributed by atoms with Gasteiger partial charge in [0.15, 0.2) is 0 Å². The van der Waals surface area contributed by atoms with E-state index in [2.05, 4.69) is 5.32 Å². The van der Waals surface area contributed by atoms with Crippen LogP contribution in [0.15, 0.2) is 23.0 Å². The van der Waals surface area contributed by atoms with Crippen LogP contribution in [0.4, 0.5) is 0 Å². The molecule has 1 aromatic rings. The van der Waals surface area contributed by atoms with Gasteiger partial charge in [0, 0.05) is 17.8 Å². The second-order valence-electron chi connectivity index (χ2n) is 3.86. The van der Waals surface area contributed by atoms with Gasteiger partial charge in [-0.25, -0.2) is 0 Å². The van der Waals surface area contributed by atoms with Crippen molar-refractivity contribution in [3.05, 3.63) is 34.2 Å². The van der Waals surface area contributed by atoms with E-state index in [0.29, 0.717) is 6.04 Å². The zero-order valence-corrected chi connectivity index (χ0v) is 8.49. The molecule has 1 N–H and O–H groups in total. The van der Waals surface area contributed by atoms with Gasteiger partial charge in [-0.1, -0.05) is 6.07 Å². The molecule has 3 nitrogen and oxygen atoms in total. The molecule has 1 aliphatic heterocycles. The number of aromatic nitrogens is 1. The summed E-state index contributed by atoms with van der Waals surface area (Å²) in [6, 6.07) is 5.87. The molecular weight excluding hydrogens is 176 g/mol. The minimum Gasteiger partial charge on any atom is -0.317 e. The largest absolute Gasteiger partial charge is 0.317 e. The highest BCUT2D eigenvalue weighted by Gasteiger charge is 2.16. The first-order valence-corrected chi connectivity index (χ1v) is 5.18. The summed E-state index contributed by atoms with van der Waals surface area (Å²) in [7, 11) is 0. The van der Waals surface area contributed by atoms with Gasteiger partial charge in [0.05, 0.1) is 0 Å². The minimum atomic E-state index is 0.136. The smallest absolute Gasteiger partial charge is 0.250 e. The lowest BCUT2D eigenvalue weighted by Gasteiger charge is -2.26. The lowest BCUT2D eigenvalue weighted by molar-refractivity contribution is 0.356. The van der Waals surface area contributed by atoms with Gasteiger partial charge in [-0.3, -0.25) is 4.79 Å². The molecular formula is C11H16N2O. The third kappa shape index (κ3) is 1.73. The normalized spacial score (nSPS) is 18.4. The van der Waals surface area contributed by atoms with Crippen molar-refractivity contribution in [3.8, 4) is 0 Å². The van der Waals surface area contributed by atoms with Crippen molar-refractivity contribution >= 4 is 0 Å². The van der Waals surface area contributed by atoms with Crippen LogP contribution in [-0.4, -0.2) is 17.7 Å². The quantitative estimate of drug-likeness (QED) is 0.722. The third-order valence-corrected chi connectivity index (χ3v) is 2.87. The van der Waals surface area contributed by atoms with Gasteiger partial charge in [0.25, 0.3) is 5.56 Å². The van der Waals surface area contributed by atoms with Crippen molar-refractivity contribution in [2.75, 3.05) is 13.1 Å². The Morgan fingerprint density at radius 2 is 2.07 bits per heavy atom. The lowest BCUT2D eigenvalue weighted by atomic mass is 10.1. The van der Waals surface area contributed by atoms with Crippen molar-refractivity contribution in [1.82, 2.24) is 9.88 Å². The molecule has 76 valence electrons. The van der Waals surface area contributed by atoms with Crippen LogP contribution < -0.4 is 10.9 Å². The summed E-state index contributed by atoms with van der Waals surface area (Å²) in [5, 5.41) is 3.31. The monoisotopic (exact) mass is 192 g/mol. The molecule has 0 saturated carbocycles. The molecule has 2 heterocycles. The van der Waals surface area contributed by atoms with E-state index in [9.17, 15) is 4.79 Å². The fourth-order valence-electron chi connectivity index (χ4n) is 2.14. The molecule has 0 aromatic carbocycles. The fraction of sp³-hybridized carbons (Fsp3) is 0.545. The van der Waals surface area contributed by atoms with Crippen molar-refractivity contribution in [3.63, 3.8) is 0 Å². The zero-order valence-electron chi connectivity index (χ0n) is 8.49. The number of hydrogen-bond acceptors (Lipinski definition) is 2. The van der Waals surface area contributed by atoms with Gasteiger partial charge in [-0.05, 0) is 38.9 Å². The van der Waals surface area contributed by atoms with Gasteiger partial charge in [-0.15, -0.1) is 0 Å². The Balaban J connectivity index is 2.34. The number of rotatable bonds is 1. The van der Waals surface area contributed by atoms with Crippen LogP contribution in [0.3, 0.4) is 0 Å². The van der Waals surface area contributed by atoms with Crippen LogP contribution in [0.25, 0.3) is 0 Å². The molecule has 1 fully saturated rings. The van der Waals surface area contributed by atoms with Gasteiger partial charge >= 0.3 is 0 Å². The number of pyridine rings is 1. The number of aryl methyl sites for hydroxylation is 1. The summed E-state index contributed by atoms with van der Waals surface area (Å²) in [4.78, 5) is 11.7. The van der Waals surface area contributed by atoms with Crippen LogP contribution >= 0.6 is 0 Å². The summed E-state index contributed by atoms with van der Waals surface area (Å²) in [5.41, 5.74) is 1.21. The molecule has 0 spiro atoms. The number of nitrogens with zero attached hydrogens (tertiary/aromatic N) is 1. The number of nitrogens with one attached hydrogen (secondary N) is 1. The predicted octanol–water partition coefficient (Wildman–Crippen LogP) is 1.08. The molecule has 1 aromatic heterocycles. The van der Waals surface area contributed by atoms with E-state index in [1.165, 1.54) is 0 Å². The molecule has 3 heteroatoms. The van der Waals surface area contributed by atoms with E-state index in [0.717, 1.165) is 31.6 Å². The number of hydrogen-bond donors (Lipinski definition) is 1. The van der Waals surface area contributed by atoms with E-state index >= 15 is 0 Å². The third-order valence-electron chi connectivity index (χ3n) is 2.87. The molecule has 0 radical (unpaired) electrons. The highest BCUT2D eigenvalue weighted by molar-refractivity contribution is 5.06. The summed E-state index contributed by atoms with van der Waals surface area (Å²) in [5.74, 6) is 0. The van der Waals surface area contributed by atoms with Gasteiger partial charge < -0.3 is 9.88 Å². The van der Waals surface area contributed by atoms with Crippen LogP contribution in [0.5, 0.6) is 0 Å². The van der Waals surface area contributed by atoms with Crippen LogP contribution in [0.1, 0.15) is 24.6 Å². The van der Waals surface area contributed by atoms with Gasteiger partial charge in [0.2, 0.25) is 0 Å². The van der Waals surface area contributed by atoms with E-state index in [1.807, 2.05) is 23.6 Å². The Hall–Kier alpha value is -1.09. The number of piperidine rings is 1. The molecule has 0 unspecified atom stereocenters. The molecule has 0 aliphatic carbocycles. The Morgan fingerprint density at radius 1 is 1.36 bits per heavy atom. The Morgan fingerprint density at radius 3 is 2.71 bits per heavy atom. The molecule has 0 atom stereocenters. The van der Waals surface area contributed by atoms with Crippen molar-refractivity contribution in [1.29, 1.82) is 0 Å². The van der Waals surface area contributed by atoms with E-state index < -0.39 is 0 Å². The molecule has 0 bridgehead atoms. The highest BCUT2D eigenvalue weighted by atomic mass is 16.1. The average molecular weight is 192 g/mol. The van der Waals surface area contributed by atoms with E-state index in [4.69, 9.17) is 0 Å². The standard InChI is InChI=1S/C11H16N2O/c1-9-3-2-4-11(14)13(9)10-5-7-12-8-6-10/h2-4,10,12H,5-8H2,1H3. The minimum absolute atomic E-state index is 0.136. The average Bonchev–Trinajstić information content (AvgIpc) is 2.19. The van der Waals surface area contributed by atoms with E-state index in [-0.39, 0.29) is 5.56 Å². The molecule has 0 amide bonds. The van der Waals surface area contributed by atoms with Crippen molar-refractivity contribution in [2.45, 2.75) is 25.8 Å². The maximum Gasteiger partial charge on any atom is 0.250 e. The van der Waals surface area contributed by atoms with Crippen molar-refractivity contribution in [2.24, 2.45) is 0 Å². The zero-order chi connectivity index (χ0) is 9.97. The molecule has 2 rings (SSSR count). The second-order valence-corrected chi connectivity index (χ2v) is 3.86. The summed E-state index contributed by atoms with van der Waals surface area (Å²) < 4.78 is 1.93. The summed E-state index contributed by atoms with van der Waals surface area (Å²) in [6.45, 7) is 4.04. The predicted molar refractivity (Wildman–Crippen MR) is 56.6 cm³/mol. The first-order chi connectivity index (χ1) is 6.79. The van der Waals surface area contributed by atoms with Crippen LogP contribution in [-0.2, 0) is 0 Å². The Labute approximate surface area is 83.8 Å². The SMILES string of the molecule is Cc1cccc(=O)n1C1CCNCC1. The molecule has 1 aliphatic rings. The Bertz CT molecular complexity index is 364. The summed E-state index contributed by atoms with van der Waals surface area (Å²) in [6.07, 6.45) is 2.12. The van der Waals surface area contributed by atoms with Gasteiger partial charge in [-0.2, -0.15) is 0 Å². The maximum absolute atomic E-state index is 11.7. The Kier molecular flexibility index (Phi) is 2.68. The first kappa shape index (κ1) is 9.46. The summed E-state index contributed by atoms with van der Waals surface area (Å²) >= 11 is 0.